The predicted octanol–water partition coefficient (Wildman–Crippen LogP) is 5.85. The average molecular weight is 447 g/mol. The molecule has 0 fully saturated rings. The van der Waals surface area contributed by atoms with Crippen molar-refractivity contribution in [1.82, 2.24) is 9.55 Å². The van der Waals surface area contributed by atoms with E-state index in [0.717, 1.165) is 22.0 Å². The van der Waals surface area contributed by atoms with Crippen molar-refractivity contribution in [3.8, 4) is 34.1 Å². The second-order valence-corrected chi connectivity index (χ2v) is 7.87. The van der Waals surface area contributed by atoms with Crippen molar-refractivity contribution in [2.24, 2.45) is 7.05 Å². The van der Waals surface area contributed by atoms with Crippen LogP contribution >= 0.6 is 11.6 Å². The van der Waals surface area contributed by atoms with Crippen LogP contribution in [0, 0.1) is 0 Å². The number of nitrogens with zero attached hydrogens (tertiary/aromatic N) is 1. The molecule has 0 aliphatic heterocycles. The van der Waals surface area contributed by atoms with Crippen LogP contribution in [0.2, 0.25) is 5.02 Å². The first-order chi connectivity index (χ1) is 15.5. The second kappa shape index (κ2) is 7.66. The number of aromatic nitrogens is 2. The summed E-state index contributed by atoms with van der Waals surface area (Å²) in [5, 5.41) is 12.9. The molecule has 0 atom stereocenters. The SMILES string of the molecule is COc1ccccc1Oc1c(O)c2cc(-c3ccc4c(ccn4C)c3)c(Cl)cc2[nH]c1=O. The van der Waals surface area contributed by atoms with Crippen molar-refractivity contribution >= 4 is 33.4 Å². The van der Waals surface area contributed by atoms with Crippen LogP contribution in [0.4, 0.5) is 0 Å². The molecule has 0 amide bonds. The Morgan fingerprint density at radius 3 is 2.59 bits per heavy atom. The van der Waals surface area contributed by atoms with Gasteiger partial charge < -0.3 is 24.1 Å². The molecular formula is C25H19ClN2O4. The van der Waals surface area contributed by atoms with Gasteiger partial charge in [0.25, 0.3) is 5.56 Å². The zero-order valence-electron chi connectivity index (χ0n) is 17.3. The van der Waals surface area contributed by atoms with Gasteiger partial charge in [0, 0.05) is 35.1 Å². The number of halogens is 1. The summed E-state index contributed by atoms with van der Waals surface area (Å²) in [5.74, 6) is 0.278. The minimum absolute atomic E-state index is 0.214. The molecule has 2 heterocycles. The lowest BCUT2D eigenvalue weighted by molar-refractivity contribution is 0.365. The van der Waals surface area contributed by atoms with Crippen LogP contribution in [0.15, 0.2) is 71.7 Å². The maximum Gasteiger partial charge on any atom is 0.295 e. The van der Waals surface area contributed by atoms with E-state index in [1.165, 1.54) is 7.11 Å². The lowest BCUT2D eigenvalue weighted by Crippen LogP contribution is -2.09. The fraction of sp³-hybridized carbons (Fsp3) is 0.0800. The van der Waals surface area contributed by atoms with Crippen molar-refractivity contribution in [3.63, 3.8) is 0 Å². The Balaban J connectivity index is 1.67. The fourth-order valence-corrected chi connectivity index (χ4v) is 4.13. The van der Waals surface area contributed by atoms with Crippen molar-refractivity contribution in [1.29, 1.82) is 0 Å². The Morgan fingerprint density at radius 1 is 1.03 bits per heavy atom. The summed E-state index contributed by atoms with van der Waals surface area (Å²) in [7, 11) is 3.49. The number of ether oxygens (including phenoxy) is 2. The molecule has 0 aliphatic carbocycles. The molecule has 7 heteroatoms. The van der Waals surface area contributed by atoms with E-state index in [9.17, 15) is 9.90 Å². The number of aromatic amines is 1. The van der Waals surface area contributed by atoms with Crippen LogP contribution < -0.4 is 15.0 Å². The molecule has 160 valence electrons. The second-order valence-electron chi connectivity index (χ2n) is 7.46. The third-order valence-corrected chi connectivity index (χ3v) is 5.82. The Kier molecular flexibility index (Phi) is 4.79. The van der Waals surface area contributed by atoms with Crippen LogP contribution in [-0.2, 0) is 7.05 Å². The van der Waals surface area contributed by atoms with Crippen LogP contribution in [0.1, 0.15) is 0 Å². The molecule has 5 rings (SSSR count). The van der Waals surface area contributed by atoms with E-state index in [0.29, 0.717) is 27.4 Å². The summed E-state index contributed by atoms with van der Waals surface area (Å²) in [6, 6.07) is 18.4. The molecule has 0 spiro atoms. The number of nitrogens with one attached hydrogen (secondary N) is 1. The van der Waals surface area contributed by atoms with E-state index in [-0.39, 0.29) is 11.5 Å². The highest BCUT2D eigenvalue weighted by molar-refractivity contribution is 6.34. The highest BCUT2D eigenvalue weighted by atomic mass is 35.5. The minimum atomic E-state index is -0.574. The third kappa shape index (κ3) is 3.25. The molecule has 5 aromatic rings. The maximum atomic E-state index is 12.6. The van der Waals surface area contributed by atoms with Crippen molar-refractivity contribution in [2.75, 3.05) is 7.11 Å². The third-order valence-electron chi connectivity index (χ3n) is 5.51. The van der Waals surface area contributed by atoms with E-state index in [1.54, 1.807) is 36.4 Å². The van der Waals surface area contributed by atoms with E-state index in [1.807, 2.05) is 42.1 Å². The predicted molar refractivity (Wildman–Crippen MR) is 126 cm³/mol. The zero-order chi connectivity index (χ0) is 22.4. The summed E-state index contributed by atoms with van der Waals surface area (Å²) >= 11 is 6.55. The van der Waals surface area contributed by atoms with Crippen LogP contribution in [0.3, 0.4) is 0 Å². The molecular weight excluding hydrogens is 428 g/mol. The monoisotopic (exact) mass is 446 g/mol. The standard InChI is InChI=1S/C25H19ClN2O4/c1-28-10-9-15-11-14(7-8-20(15)28)16-12-17-19(13-18(16)26)27-25(30)24(23(17)29)32-22-6-4-3-5-21(22)31-2/h3-13H,1-2H3,(H2,27,29,30). The lowest BCUT2D eigenvalue weighted by Gasteiger charge is -2.13. The smallest absolute Gasteiger partial charge is 0.295 e. The largest absolute Gasteiger partial charge is 0.504 e. The lowest BCUT2D eigenvalue weighted by atomic mass is 10.0. The number of hydrogen-bond acceptors (Lipinski definition) is 4. The normalized spacial score (nSPS) is 11.2. The number of pyridine rings is 1. The van der Waals surface area contributed by atoms with Crippen LogP contribution in [0.5, 0.6) is 23.0 Å². The number of benzene rings is 3. The Morgan fingerprint density at radius 2 is 1.81 bits per heavy atom. The number of aromatic hydroxyl groups is 1. The molecule has 0 saturated heterocycles. The van der Waals surface area contributed by atoms with E-state index in [4.69, 9.17) is 21.1 Å². The molecule has 0 unspecified atom stereocenters. The summed E-state index contributed by atoms with van der Waals surface area (Å²) < 4.78 is 13.1. The van der Waals surface area contributed by atoms with Gasteiger partial charge in [0.15, 0.2) is 17.2 Å². The Labute approximate surface area is 188 Å². The zero-order valence-corrected chi connectivity index (χ0v) is 18.1. The van der Waals surface area contributed by atoms with E-state index < -0.39 is 5.56 Å². The average Bonchev–Trinajstić information content (AvgIpc) is 3.16. The number of fused-ring (bicyclic) bond motifs is 2. The van der Waals surface area contributed by atoms with Gasteiger partial charge in [0.05, 0.1) is 17.6 Å². The molecule has 0 bridgehead atoms. The van der Waals surface area contributed by atoms with Gasteiger partial charge in [-0.1, -0.05) is 29.8 Å². The molecule has 0 radical (unpaired) electrons. The van der Waals surface area contributed by atoms with Crippen molar-refractivity contribution in [3.05, 3.63) is 82.2 Å². The Hall–Kier alpha value is -3.90. The highest BCUT2D eigenvalue weighted by Gasteiger charge is 2.18. The number of para-hydroxylation sites is 2. The summed E-state index contributed by atoms with van der Waals surface area (Å²) in [5.41, 5.74) is 2.57. The molecule has 0 saturated carbocycles. The number of rotatable bonds is 4. The van der Waals surface area contributed by atoms with Gasteiger partial charge in [-0.2, -0.15) is 0 Å². The summed E-state index contributed by atoms with van der Waals surface area (Å²) in [6.07, 6.45) is 1.99. The van der Waals surface area contributed by atoms with E-state index in [2.05, 4.69) is 4.98 Å². The first kappa shape index (κ1) is 20.0. The quantitative estimate of drug-likeness (QED) is 0.363. The first-order valence-electron chi connectivity index (χ1n) is 9.91. The van der Waals surface area contributed by atoms with Gasteiger partial charge in [-0.25, -0.2) is 0 Å². The minimum Gasteiger partial charge on any atom is -0.504 e. The maximum absolute atomic E-state index is 12.6. The number of methoxy groups -OCH3 is 1. The molecule has 2 aromatic heterocycles. The summed E-state index contributed by atoms with van der Waals surface area (Å²) in [4.78, 5) is 15.4. The molecule has 2 N–H and O–H groups in total. The van der Waals surface area contributed by atoms with Crippen molar-refractivity contribution < 1.29 is 14.6 Å². The molecule has 32 heavy (non-hydrogen) atoms. The number of aryl methyl sites for hydroxylation is 1. The van der Waals surface area contributed by atoms with Gasteiger partial charge in [-0.3, -0.25) is 4.79 Å². The summed E-state index contributed by atoms with van der Waals surface area (Å²) in [6.45, 7) is 0. The van der Waals surface area contributed by atoms with Gasteiger partial charge in [0.1, 0.15) is 0 Å². The van der Waals surface area contributed by atoms with Gasteiger partial charge in [-0.05, 0) is 48.0 Å². The van der Waals surface area contributed by atoms with Gasteiger partial charge >= 0.3 is 0 Å². The highest BCUT2D eigenvalue weighted by Crippen LogP contribution is 2.40. The van der Waals surface area contributed by atoms with Crippen LogP contribution in [-0.4, -0.2) is 21.8 Å². The number of H-pyrrole nitrogens is 1. The van der Waals surface area contributed by atoms with Gasteiger partial charge in [0.2, 0.25) is 5.75 Å². The Bertz CT molecular complexity index is 1550. The molecule has 3 aromatic carbocycles. The van der Waals surface area contributed by atoms with Gasteiger partial charge in [-0.15, -0.1) is 0 Å². The topological polar surface area (TPSA) is 76.5 Å². The molecule has 0 aliphatic rings. The van der Waals surface area contributed by atoms with E-state index >= 15 is 0 Å². The van der Waals surface area contributed by atoms with Crippen molar-refractivity contribution in [2.45, 2.75) is 0 Å². The fourth-order valence-electron chi connectivity index (χ4n) is 3.86. The molecule has 6 nitrogen and oxygen atoms in total. The number of hydrogen-bond donors (Lipinski definition) is 2. The van der Waals surface area contributed by atoms with Crippen LogP contribution in [0.25, 0.3) is 32.9 Å². The first-order valence-corrected chi connectivity index (χ1v) is 10.3.